The van der Waals surface area contributed by atoms with Crippen molar-refractivity contribution in [2.24, 2.45) is 0 Å². The predicted molar refractivity (Wildman–Crippen MR) is 115 cm³/mol. The molecule has 1 fully saturated rings. The average Bonchev–Trinajstić information content (AvgIpc) is 2.75. The summed E-state index contributed by atoms with van der Waals surface area (Å²) in [6, 6.07) is 23.2. The Morgan fingerprint density at radius 3 is 2.41 bits per heavy atom. The minimum atomic E-state index is -0.479. The van der Waals surface area contributed by atoms with E-state index in [1.165, 1.54) is 21.9 Å². The van der Waals surface area contributed by atoms with E-state index in [2.05, 4.69) is 59.2 Å². The Kier molecular flexibility index (Phi) is 5.90. The lowest BCUT2D eigenvalue weighted by Gasteiger charge is -2.40. The number of piperazine rings is 1. The zero-order valence-electron chi connectivity index (χ0n) is 16.7. The molecule has 0 spiro atoms. The first-order chi connectivity index (χ1) is 14.1. The fraction of sp³-hybridized carbons (Fsp3) is 0.292. The number of hydrogen-bond acceptors (Lipinski definition) is 4. The molecule has 1 saturated heterocycles. The van der Waals surface area contributed by atoms with Gasteiger partial charge in [0.15, 0.2) is 0 Å². The molecule has 1 aliphatic rings. The van der Waals surface area contributed by atoms with Crippen molar-refractivity contribution in [3.05, 3.63) is 83.4 Å². The number of hydroxylamine groups is 1. The molecule has 1 amide bonds. The molecule has 3 aromatic carbocycles. The summed E-state index contributed by atoms with van der Waals surface area (Å²) >= 11 is 0. The lowest BCUT2D eigenvalue weighted by atomic mass is 10.1. The van der Waals surface area contributed by atoms with E-state index in [-0.39, 0.29) is 0 Å². The van der Waals surface area contributed by atoms with Crippen LogP contribution in [0.5, 0.6) is 0 Å². The van der Waals surface area contributed by atoms with Gasteiger partial charge in [0.05, 0.1) is 0 Å². The fourth-order valence-corrected chi connectivity index (χ4v) is 4.11. The summed E-state index contributed by atoms with van der Waals surface area (Å²) in [5, 5.41) is 11.3. The van der Waals surface area contributed by atoms with Crippen LogP contribution in [0.1, 0.15) is 28.4 Å². The van der Waals surface area contributed by atoms with Gasteiger partial charge in [-0.25, -0.2) is 5.48 Å². The molecule has 1 unspecified atom stereocenters. The molecule has 0 aliphatic carbocycles. The van der Waals surface area contributed by atoms with Gasteiger partial charge in [-0.2, -0.15) is 0 Å². The summed E-state index contributed by atoms with van der Waals surface area (Å²) in [5.74, 6) is -0.479. The molecule has 3 aromatic rings. The summed E-state index contributed by atoms with van der Waals surface area (Å²) in [4.78, 5) is 16.5. The smallest absolute Gasteiger partial charge is 0.274 e. The SMILES string of the molecule is CC1CN(Cc2ccc(C(=O)NO)cc2)CCN1Cc1ccc2ccccc2c1. The highest BCUT2D eigenvalue weighted by atomic mass is 16.5. The first-order valence-electron chi connectivity index (χ1n) is 10.1. The lowest BCUT2D eigenvalue weighted by molar-refractivity contribution is 0.0705. The van der Waals surface area contributed by atoms with Crippen molar-refractivity contribution >= 4 is 16.7 Å². The molecule has 5 heteroatoms. The van der Waals surface area contributed by atoms with Crippen LogP contribution >= 0.6 is 0 Å². The number of amides is 1. The van der Waals surface area contributed by atoms with Crippen molar-refractivity contribution in [3.63, 3.8) is 0 Å². The second kappa shape index (κ2) is 8.74. The molecule has 5 nitrogen and oxygen atoms in total. The summed E-state index contributed by atoms with van der Waals surface area (Å²) in [5.41, 5.74) is 4.67. The quantitative estimate of drug-likeness (QED) is 0.516. The van der Waals surface area contributed by atoms with Gasteiger partial charge in [-0.05, 0) is 47.0 Å². The topological polar surface area (TPSA) is 55.8 Å². The third kappa shape index (κ3) is 4.65. The largest absolute Gasteiger partial charge is 0.296 e. The van der Waals surface area contributed by atoms with Gasteiger partial charge in [-0.3, -0.25) is 19.8 Å². The molecule has 0 aromatic heterocycles. The summed E-state index contributed by atoms with van der Waals surface area (Å²) in [6.07, 6.45) is 0. The predicted octanol–water partition coefficient (Wildman–Crippen LogP) is 3.67. The molecule has 4 rings (SSSR count). The second-order valence-electron chi connectivity index (χ2n) is 7.87. The molecule has 29 heavy (non-hydrogen) atoms. The van der Waals surface area contributed by atoms with Crippen molar-refractivity contribution in [1.29, 1.82) is 0 Å². The molecule has 1 atom stereocenters. The normalized spacial score (nSPS) is 18.1. The van der Waals surface area contributed by atoms with E-state index in [0.717, 1.165) is 32.7 Å². The van der Waals surface area contributed by atoms with Gasteiger partial charge in [0.1, 0.15) is 0 Å². The van der Waals surface area contributed by atoms with Crippen LogP contribution in [-0.4, -0.2) is 46.6 Å². The first-order valence-corrected chi connectivity index (χ1v) is 10.1. The van der Waals surface area contributed by atoms with Crippen LogP contribution < -0.4 is 5.48 Å². The maximum Gasteiger partial charge on any atom is 0.274 e. The number of nitrogens with one attached hydrogen (secondary N) is 1. The van der Waals surface area contributed by atoms with Crippen LogP contribution in [0.25, 0.3) is 10.8 Å². The summed E-state index contributed by atoms with van der Waals surface area (Å²) in [7, 11) is 0. The molecule has 1 aliphatic heterocycles. The monoisotopic (exact) mass is 389 g/mol. The minimum Gasteiger partial charge on any atom is -0.296 e. The van der Waals surface area contributed by atoms with Crippen LogP contribution in [0, 0.1) is 0 Å². The number of benzene rings is 3. The van der Waals surface area contributed by atoms with E-state index in [1.54, 1.807) is 17.6 Å². The Morgan fingerprint density at radius 1 is 0.966 bits per heavy atom. The third-order valence-electron chi connectivity index (χ3n) is 5.77. The Morgan fingerprint density at radius 2 is 1.69 bits per heavy atom. The Labute approximate surface area is 171 Å². The first kappa shape index (κ1) is 19.6. The van der Waals surface area contributed by atoms with Gasteiger partial charge < -0.3 is 0 Å². The van der Waals surface area contributed by atoms with Gasteiger partial charge in [-0.1, -0.05) is 48.5 Å². The maximum absolute atomic E-state index is 11.4. The Balaban J connectivity index is 1.34. The highest BCUT2D eigenvalue weighted by Gasteiger charge is 2.23. The zero-order chi connectivity index (χ0) is 20.2. The van der Waals surface area contributed by atoms with Gasteiger partial charge in [0, 0.05) is 44.3 Å². The summed E-state index contributed by atoms with van der Waals surface area (Å²) < 4.78 is 0. The van der Waals surface area contributed by atoms with E-state index >= 15 is 0 Å². The van der Waals surface area contributed by atoms with Crippen LogP contribution in [0.4, 0.5) is 0 Å². The maximum atomic E-state index is 11.4. The minimum absolute atomic E-state index is 0.463. The van der Waals surface area contributed by atoms with E-state index in [9.17, 15) is 4.79 Å². The fourth-order valence-electron chi connectivity index (χ4n) is 4.11. The number of carbonyl (C=O) groups excluding carboxylic acids is 1. The molecule has 2 N–H and O–H groups in total. The van der Waals surface area contributed by atoms with E-state index in [1.807, 2.05) is 12.1 Å². The number of fused-ring (bicyclic) bond motifs is 1. The zero-order valence-corrected chi connectivity index (χ0v) is 16.7. The van der Waals surface area contributed by atoms with Crippen LogP contribution in [-0.2, 0) is 13.1 Å². The number of rotatable bonds is 5. The van der Waals surface area contributed by atoms with Crippen LogP contribution in [0.15, 0.2) is 66.7 Å². The molecule has 0 bridgehead atoms. The van der Waals surface area contributed by atoms with Crippen molar-refractivity contribution in [3.8, 4) is 0 Å². The van der Waals surface area contributed by atoms with Gasteiger partial charge in [-0.15, -0.1) is 0 Å². The highest BCUT2D eigenvalue weighted by molar-refractivity contribution is 5.93. The highest BCUT2D eigenvalue weighted by Crippen LogP contribution is 2.20. The Bertz CT molecular complexity index is 987. The molecule has 0 radical (unpaired) electrons. The van der Waals surface area contributed by atoms with E-state index in [0.29, 0.717) is 11.6 Å². The van der Waals surface area contributed by atoms with Crippen molar-refractivity contribution in [2.75, 3.05) is 19.6 Å². The van der Waals surface area contributed by atoms with Crippen molar-refractivity contribution < 1.29 is 10.0 Å². The summed E-state index contributed by atoms with van der Waals surface area (Å²) in [6.45, 7) is 7.23. The van der Waals surface area contributed by atoms with Crippen LogP contribution in [0.3, 0.4) is 0 Å². The molecular weight excluding hydrogens is 362 g/mol. The van der Waals surface area contributed by atoms with Gasteiger partial charge in [0.25, 0.3) is 5.91 Å². The van der Waals surface area contributed by atoms with Crippen molar-refractivity contribution in [2.45, 2.75) is 26.1 Å². The molecule has 1 heterocycles. The second-order valence-corrected chi connectivity index (χ2v) is 7.87. The van der Waals surface area contributed by atoms with E-state index < -0.39 is 5.91 Å². The van der Waals surface area contributed by atoms with Crippen molar-refractivity contribution in [1.82, 2.24) is 15.3 Å². The van der Waals surface area contributed by atoms with Crippen LogP contribution in [0.2, 0.25) is 0 Å². The lowest BCUT2D eigenvalue weighted by Crippen LogP contribution is -2.50. The average molecular weight is 389 g/mol. The number of carbonyl (C=O) groups is 1. The third-order valence-corrected chi connectivity index (χ3v) is 5.77. The van der Waals surface area contributed by atoms with Gasteiger partial charge in [0.2, 0.25) is 0 Å². The number of nitrogens with zero attached hydrogens (tertiary/aromatic N) is 2. The van der Waals surface area contributed by atoms with E-state index in [4.69, 9.17) is 5.21 Å². The molecule has 0 saturated carbocycles. The molecule has 150 valence electrons. The number of hydrogen-bond donors (Lipinski definition) is 2. The van der Waals surface area contributed by atoms with Gasteiger partial charge >= 0.3 is 0 Å². The Hall–Kier alpha value is -2.73. The molecular formula is C24H27N3O2. The standard InChI is InChI=1S/C24H27N3O2/c1-18-15-26(16-19-6-10-22(11-7-19)24(28)25-29)12-13-27(18)17-20-8-9-21-4-2-3-5-23(21)14-20/h2-11,14,18,29H,12-13,15-17H2,1H3,(H,25,28).